The van der Waals surface area contributed by atoms with E-state index in [1.807, 2.05) is 30.3 Å². The van der Waals surface area contributed by atoms with Gasteiger partial charge in [-0.1, -0.05) is 30.3 Å². The number of hydrogen-bond acceptors (Lipinski definition) is 2. The van der Waals surface area contributed by atoms with Gasteiger partial charge in [-0.15, -0.1) is 11.6 Å². The maximum Gasteiger partial charge on any atom is 0.327 e. The zero-order valence-corrected chi connectivity index (χ0v) is 9.72. The molecule has 1 amide bonds. The Bertz CT molecular complexity index is 417. The summed E-state index contributed by atoms with van der Waals surface area (Å²) >= 11 is 5.40. The molecule has 1 unspecified atom stereocenters. The van der Waals surface area contributed by atoms with E-state index in [0.29, 0.717) is 0 Å². The van der Waals surface area contributed by atoms with Crippen LogP contribution in [0.25, 0.3) is 6.08 Å². The first-order valence-electron chi connectivity index (χ1n) is 4.96. The van der Waals surface area contributed by atoms with Crippen LogP contribution in [0.5, 0.6) is 0 Å². The number of carbonyl (C=O) groups excluding carboxylic acids is 1. The Hall–Kier alpha value is -1.81. The van der Waals surface area contributed by atoms with Crippen molar-refractivity contribution < 1.29 is 14.7 Å². The molecule has 0 heterocycles. The molecule has 1 atom stereocenters. The first-order valence-corrected chi connectivity index (χ1v) is 5.49. The molecule has 0 aromatic heterocycles. The smallest absolute Gasteiger partial charge is 0.327 e. The molecule has 4 nitrogen and oxygen atoms in total. The van der Waals surface area contributed by atoms with Crippen LogP contribution in [0.15, 0.2) is 36.4 Å². The van der Waals surface area contributed by atoms with Crippen molar-refractivity contribution in [3.63, 3.8) is 0 Å². The van der Waals surface area contributed by atoms with Crippen LogP contribution in [-0.4, -0.2) is 28.9 Å². The van der Waals surface area contributed by atoms with Gasteiger partial charge in [0.2, 0.25) is 5.91 Å². The van der Waals surface area contributed by atoms with Crippen LogP contribution in [-0.2, 0) is 9.59 Å². The molecule has 1 aromatic carbocycles. The average molecular weight is 254 g/mol. The van der Waals surface area contributed by atoms with Gasteiger partial charge < -0.3 is 10.4 Å². The maximum absolute atomic E-state index is 11.4. The van der Waals surface area contributed by atoms with Gasteiger partial charge in [-0.3, -0.25) is 4.79 Å². The van der Waals surface area contributed by atoms with Crippen molar-refractivity contribution in [2.75, 3.05) is 5.88 Å². The van der Waals surface area contributed by atoms with Gasteiger partial charge in [0.05, 0.1) is 5.88 Å². The number of rotatable bonds is 5. The van der Waals surface area contributed by atoms with Crippen LogP contribution in [0.1, 0.15) is 5.56 Å². The first-order chi connectivity index (χ1) is 8.13. The summed E-state index contributed by atoms with van der Waals surface area (Å²) in [4.78, 5) is 22.0. The number of amides is 1. The quantitative estimate of drug-likeness (QED) is 0.617. The SMILES string of the molecule is O=C(/C=C/c1ccccc1)NC(CCl)C(=O)O. The van der Waals surface area contributed by atoms with E-state index in [9.17, 15) is 9.59 Å². The number of carboxylic acid groups (broad SMARTS) is 1. The van der Waals surface area contributed by atoms with E-state index < -0.39 is 17.9 Å². The van der Waals surface area contributed by atoms with Gasteiger partial charge in [-0.25, -0.2) is 4.79 Å². The highest BCUT2D eigenvalue weighted by atomic mass is 35.5. The average Bonchev–Trinajstić information content (AvgIpc) is 2.34. The Morgan fingerprint density at radius 3 is 2.53 bits per heavy atom. The molecule has 0 spiro atoms. The number of alkyl halides is 1. The van der Waals surface area contributed by atoms with Crippen LogP contribution in [0.4, 0.5) is 0 Å². The third kappa shape index (κ3) is 4.70. The van der Waals surface area contributed by atoms with Crippen molar-refractivity contribution in [1.82, 2.24) is 5.32 Å². The van der Waals surface area contributed by atoms with Crippen molar-refractivity contribution in [2.45, 2.75) is 6.04 Å². The van der Waals surface area contributed by atoms with E-state index in [1.54, 1.807) is 6.08 Å². The summed E-state index contributed by atoms with van der Waals surface area (Å²) in [5.74, 6) is -1.80. The van der Waals surface area contributed by atoms with E-state index in [4.69, 9.17) is 16.7 Å². The predicted octanol–water partition coefficient (Wildman–Crippen LogP) is 1.51. The van der Waals surface area contributed by atoms with Gasteiger partial charge in [0.25, 0.3) is 0 Å². The predicted molar refractivity (Wildman–Crippen MR) is 65.8 cm³/mol. The minimum atomic E-state index is -1.15. The summed E-state index contributed by atoms with van der Waals surface area (Å²) in [5.41, 5.74) is 0.861. The molecule has 90 valence electrons. The third-order valence-corrected chi connectivity index (χ3v) is 2.30. The number of nitrogens with one attached hydrogen (secondary N) is 1. The van der Waals surface area contributed by atoms with E-state index >= 15 is 0 Å². The van der Waals surface area contributed by atoms with Crippen LogP contribution in [0, 0.1) is 0 Å². The molecule has 0 aliphatic heterocycles. The fourth-order valence-corrected chi connectivity index (χ4v) is 1.33. The fourth-order valence-electron chi connectivity index (χ4n) is 1.12. The second-order valence-corrected chi connectivity index (χ2v) is 3.61. The van der Waals surface area contributed by atoms with Crippen LogP contribution < -0.4 is 5.32 Å². The molecule has 0 bridgehead atoms. The lowest BCUT2D eigenvalue weighted by atomic mass is 10.2. The highest BCUT2D eigenvalue weighted by molar-refractivity contribution is 6.20. The van der Waals surface area contributed by atoms with Gasteiger partial charge in [0, 0.05) is 6.08 Å². The van der Waals surface area contributed by atoms with Crippen molar-refractivity contribution in [3.8, 4) is 0 Å². The van der Waals surface area contributed by atoms with Crippen LogP contribution in [0.3, 0.4) is 0 Å². The lowest BCUT2D eigenvalue weighted by Crippen LogP contribution is -2.41. The summed E-state index contributed by atoms with van der Waals surface area (Å²) in [6.07, 6.45) is 2.88. The molecule has 0 saturated carbocycles. The Kier molecular flexibility index (Phi) is 5.23. The second-order valence-electron chi connectivity index (χ2n) is 3.30. The molecule has 0 aliphatic rings. The molecular formula is C12H12ClNO3. The Balaban J connectivity index is 2.55. The monoisotopic (exact) mass is 253 g/mol. The molecule has 1 aromatic rings. The van der Waals surface area contributed by atoms with Crippen LogP contribution in [0.2, 0.25) is 0 Å². The Morgan fingerprint density at radius 1 is 1.35 bits per heavy atom. The van der Waals surface area contributed by atoms with Gasteiger partial charge in [-0.05, 0) is 11.6 Å². The molecule has 0 fully saturated rings. The van der Waals surface area contributed by atoms with E-state index in [0.717, 1.165) is 5.56 Å². The van der Waals surface area contributed by atoms with Crippen molar-refractivity contribution in [2.24, 2.45) is 0 Å². The summed E-state index contributed by atoms with van der Waals surface area (Å²) in [6.45, 7) is 0. The summed E-state index contributed by atoms with van der Waals surface area (Å²) in [5, 5.41) is 11.0. The molecule has 5 heteroatoms. The number of carboxylic acids is 1. The normalized spacial score (nSPS) is 12.3. The molecule has 0 aliphatic carbocycles. The standard InChI is InChI=1S/C12H12ClNO3/c13-8-10(12(16)17)14-11(15)7-6-9-4-2-1-3-5-9/h1-7,10H,8H2,(H,14,15)(H,16,17)/b7-6+. The summed E-state index contributed by atoms with van der Waals surface area (Å²) in [6, 6.07) is 8.16. The van der Waals surface area contributed by atoms with Gasteiger partial charge >= 0.3 is 5.97 Å². The highest BCUT2D eigenvalue weighted by Gasteiger charge is 2.16. The lowest BCUT2D eigenvalue weighted by molar-refractivity contribution is -0.140. The molecule has 2 N–H and O–H groups in total. The lowest BCUT2D eigenvalue weighted by Gasteiger charge is -2.08. The van der Waals surface area contributed by atoms with E-state index in [2.05, 4.69) is 5.32 Å². The van der Waals surface area contributed by atoms with Gasteiger partial charge in [0.1, 0.15) is 6.04 Å². The highest BCUT2D eigenvalue weighted by Crippen LogP contribution is 2.00. The van der Waals surface area contributed by atoms with E-state index in [1.165, 1.54) is 6.08 Å². The number of halogens is 1. The molecular weight excluding hydrogens is 242 g/mol. The molecule has 0 saturated heterocycles. The number of benzene rings is 1. The fraction of sp³-hybridized carbons (Fsp3) is 0.167. The second kappa shape index (κ2) is 6.70. The zero-order valence-electron chi connectivity index (χ0n) is 8.97. The molecule has 1 rings (SSSR count). The van der Waals surface area contributed by atoms with Crippen molar-refractivity contribution in [1.29, 1.82) is 0 Å². The summed E-state index contributed by atoms with van der Waals surface area (Å²) in [7, 11) is 0. The largest absolute Gasteiger partial charge is 0.480 e. The summed E-state index contributed by atoms with van der Waals surface area (Å²) < 4.78 is 0. The molecule has 17 heavy (non-hydrogen) atoms. The number of hydrogen-bond donors (Lipinski definition) is 2. The van der Waals surface area contributed by atoms with Gasteiger partial charge in [-0.2, -0.15) is 0 Å². The van der Waals surface area contributed by atoms with Crippen molar-refractivity contribution in [3.05, 3.63) is 42.0 Å². The Labute approximate surface area is 104 Å². The molecule has 0 radical (unpaired) electrons. The first kappa shape index (κ1) is 13.3. The number of carbonyl (C=O) groups is 2. The van der Waals surface area contributed by atoms with Crippen LogP contribution >= 0.6 is 11.6 Å². The zero-order chi connectivity index (χ0) is 12.7. The third-order valence-electron chi connectivity index (χ3n) is 2.00. The minimum Gasteiger partial charge on any atom is -0.480 e. The number of aliphatic carboxylic acids is 1. The maximum atomic E-state index is 11.4. The Morgan fingerprint density at radius 2 is 2.00 bits per heavy atom. The van der Waals surface area contributed by atoms with Crippen molar-refractivity contribution >= 4 is 29.6 Å². The van der Waals surface area contributed by atoms with Gasteiger partial charge in [0.15, 0.2) is 0 Å². The van der Waals surface area contributed by atoms with E-state index in [-0.39, 0.29) is 5.88 Å². The minimum absolute atomic E-state index is 0.166. The topological polar surface area (TPSA) is 66.4 Å².